The van der Waals surface area contributed by atoms with Crippen LogP contribution in [0.3, 0.4) is 0 Å². The summed E-state index contributed by atoms with van der Waals surface area (Å²) in [6, 6.07) is 3.79. The summed E-state index contributed by atoms with van der Waals surface area (Å²) in [4.78, 5) is 24.4. The van der Waals surface area contributed by atoms with Gasteiger partial charge in [0.15, 0.2) is 0 Å². The van der Waals surface area contributed by atoms with Crippen LogP contribution in [0.25, 0.3) is 0 Å². The van der Waals surface area contributed by atoms with Crippen molar-refractivity contribution in [1.82, 2.24) is 4.90 Å². The zero-order valence-corrected chi connectivity index (χ0v) is 11.8. The van der Waals surface area contributed by atoms with Crippen LogP contribution in [-0.4, -0.2) is 29.3 Å². The molecule has 0 unspecified atom stereocenters. The van der Waals surface area contributed by atoms with E-state index in [1.807, 2.05) is 0 Å². The number of rotatable bonds is 5. The number of carbonyl (C=O) groups excluding carboxylic acids is 2. The number of nitrogens with zero attached hydrogens (tertiary/aromatic N) is 1. The molecule has 0 bridgehead atoms. The maximum Gasteiger partial charge on any atom is 0.416 e. The summed E-state index contributed by atoms with van der Waals surface area (Å²) in [6.45, 7) is 3.64. The lowest BCUT2D eigenvalue weighted by atomic mass is 10.1. The summed E-state index contributed by atoms with van der Waals surface area (Å²) in [6.07, 6.45) is -4.43. The van der Waals surface area contributed by atoms with Gasteiger partial charge in [-0.15, -0.1) is 0 Å². The van der Waals surface area contributed by atoms with Crippen LogP contribution in [0.1, 0.15) is 36.2 Å². The second-order valence-corrected chi connectivity index (χ2v) is 4.88. The highest BCUT2D eigenvalue weighted by molar-refractivity contribution is 5.94. The van der Waals surface area contributed by atoms with Gasteiger partial charge in [-0.1, -0.05) is 0 Å². The second kappa shape index (κ2) is 6.60. The minimum atomic E-state index is -4.44. The van der Waals surface area contributed by atoms with Crippen LogP contribution in [0.15, 0.2) is 24.3 Å². The Hall–Kier alpha value is -2.05. The minimum absolute atomic E-state index is 0.00452. The van der Waals surface area contributed by atoms with E-state index >= 15 is 0 Å². The molecule has 0 radical (unpaired) electrons. The molecule has 0 atom stereocenters. The van der Waals surface area contributed by atoms with Gasteiger partial charge in [-0.05, 0) is 38.1 Å². The Morgan fingerprint density at radius 1 is 1.19 bits per heavy atom. The van der Waals surface area contributed by atoms with Gasteiger partial charge in [0.2, 0.25) is 5.91 Å². The number of benzene rings is 1. The van der Waals surface area contributed by atoms with E-state index in [0.717, 1.165) is 24.3 Å². The topological polar surface area (TPSA) is 63.4 Å². The molecule has 0 aliphatic rings. The molecule has 2 amide bonds. The van der Waals surface area contributed by atoms with Gasteiger partial charge in [-0.3, -0.25) is 9.59 Å². The van der Waals surface area contributed by atoms with E-state index < -0.39 is 23.6 Å². The molecule has 0 saturated heterocycles. The van der Waals surface area contributed by atoms with E-state index in [2.05, 4.69) is 0 Å². The highest BCUT2D eigenvalue weighted by atomic mass is 19.4. The molecule has 116 valence electrons. The van der Waals surface area contributed by atoms with E-state index in [1.165, 1.54) is 4.90 Å². The molecule has 0 fully saturated rings. The van der Waals surface area contributed by atoms with Gasteiger partial charge in [0.05, 0.1) is 5.56 Å². The predicted molar refractivity (Wildman–Crippen MR) is 71.4 cm³/mol. The van der Waals surface area contributed by atoms with Gasteiger partial charge in [0, 0.05) is 24.6 Å². The molecule has 0 spiro atoms. The largest absolute Gasteiger partial charge is 0.416 e. The van der Waals surface area contributed by atoms with Crippen molar-refractivity contribution in [3.63, 3.8) is 0 Å². The fourth-order valence-corrected chi connectivity index (χ4v) is 1.79. The number of nitrogens with two attached hydrogens (primary N) is 1. The van der Waals surface area contributed by atoms with Crippen molar-refractivity contribution in [1.29, 1.82) is 0 Å². The number of hydrogen-bond acceptors (Lipinski definition) is 2. The molecular weight excluding hydrogens is 285 g/mol. The number of halogens is 3. The Balaban J connectivity index is 2.91. The maximum atomic E-state index is 12.5. The Bertz CT molecular complexity index is 510. The molecule has 0 aliphatic heterocycles. The van der Waals surface area contributed by atoms with Gasteiger partial charge in [0.1, 0.15) is 0 Å². The first-order valence-corrected chi connectivity index (χ1v) is 6.39. The Kier molecular flexibility index (Phi) is 5.34. The molecule has 1 aromatic carbocycles. The molecule has 7 heteroatoms. The third-order valence-electron chi connectivity index (χ3n) is 2.94. The van der Waals surface area contributed by atoms with Gasteiger partial charge >= 0.3 is 6.18 Å². The van der Waals surface area contributed by atoms with E-state index in [-0.39, 0.29) is 24.6 Å². The lowest BCUT2D eigenvalue weighted by molar-refractivity contribution is -0.137. The van der Waals surface area contributed by atoms with Crippen molar-refractivity contribution in [3.8, 4) is 0 Å². The maximum absolute atomic E-state index is 12.5. The van der Waals surface area contributed by atoms with Crippen LogP contribution < -0.4 is 5.73 Å². The van der Waals surface area contributed by atoms with E-state index in [0.29, 0.717) is 0 Å². The van der Waals surface area contributed by atoms with Crippen molar-refractivity contribution in [2.75, 3.05) is 6.54 Å². The molecule has 0 aromatic heterocycles. The molecule has 0 heterocycles. The zero-order chi connectivity index (χ0) is 16.2. The lowest BCUT2D eigenvalue weighted by Crippen LogP contribution is -2.39. The number of alkyl halides is 3. The van der Waals surface area contributed by atoms with Crippen LogP contribution in [0.2, 0.25) is 0 Å². The molecule has 2 N–H and O–H groups in total. The number of amides is 2. The fraction of sp³-hybridized carbons (Fsp3) is 0.429. The van der Waals surface area contributed by atoms with Crippen molar-refractivity contribution >= 4 is 11.8 Å². The second-order valence-electron chi connectivity index (χ2n) is 4.88. The van der Waals surface area contributed by atoms with Crippen molar-refractivity contribution < 1.29 is 22.8 Å². The minimum Gasteiger partial charge on any atom is -0.370 e. The SMILES string of the molecule is CC(C)N(CCC(N)=O)C(=O)c1ccc(C(F)(F)F)cc1. The van der Waals surface area contributed by atoms with E-state index in [9.17, 15) is 22.8 Å². The monoisotopic (exact) mass is 302 g/mol. The highest BCUT2D eigenvalue weighted by Crippen LogP contribution is 2.29. The highest BCUT2D eigenvalue weighted by Gasteiger charge is 2.30. The van der Waals surface area contributed by atoms with Crippen LogP contribution in [0.5, 0.6) is 0 Å². The Labute approximate surface area is 120 Å². The quantitative estimate of drug-likeness (QED) is 0.908. The first-order chi connectivity index (χ1) is 9.62. The molecule has 1 rings (SSSR count). The number of primary amides is 1. The lowest BCUT2D eigenvalue weighted by Gasteiger charge is -2.26. The zero-order valence-electron chi connectivity index (χ0n) is 11.8. The summed E-state index contributed by atoms with van der Waals surface area (Å²) in [5, 5.41) is 0. The van der Waals surface area contributed by atoms with Crippen molar-refractivity contribution in [3.05, 3.63) is 35.4 Å². The van der Waals surface area contributed by atoms with E-state index in [1.54, 1.807) is 13.8 Å². The van der Waals surface area contributed by atoms with Crippen LogP contribution >= 0.6 is 0 Å². The van der Waals surface area contributed by atoms with Gasteiger partial charge in [-0.2, -0.15) is 13.2 Å². The number of hydrogen-bond donors (Lipinski definition) is 1. The van der Waals surface area contributed by atoms with Crippen molar-refractivity contribution in [2.24, 2.45) is 5.73 Å². The molecule has 4 nitrogen and oxygen atoms in total. The molecule has 0 aliphatic carbocycles. The third-order valence-corrected chi connectivity index (χ3v) is 2.94. The standard InChI is InChI=1S/C14H17F3N2O2/c1-9(2)19(8-7-12(18)20)13(21)10-3-5-11(6-4-10)14(15,16)17/h3-6,9H,7-8H2,1-2H3,(H2,18,20). The molecule has 21 heavy (non-hydrogen) atoms. The first kappa shape index (κ1) is 17.0. The fourth-order valence-electron chi connectivity index (χ4n) is 1.79. The first-order valence-electron chi connectivity index (χ1n) is 6.39. The van der Waals surface area contributed by atoms with Gasteiger partial charge < -0.3 is 10.6 Å². The predicted octanol–water partition coefficient (Wildman–Crippen LogP) is 2.43. The Morgan fingerprint density at radius 2 is 1.71 bits per heavy atom. The summed E-state index contributed by atoms with van der Waals surface area (Å²) < 4.78 is 37.4. The summed E-state index contributed by atoms with van der Waals surface area (Å²) in [5.41, 5.74) is 4.37. The Morgan fingerprint density at radius 3 is 2.10 bits per heavy atom. The summed E-state index contributed by atoms with van der Waals surface area (Å²) >= 11 is 0. The average Bonchev–Trinajstić information content (AvgIpc) is 2.37. The number of carbonyl (C=O) groups is 2. The van der Waals surface area contributed by atoms with Crippen LogP contribution in [0.4, 0.5) is 13.2 Å². The molecular formula is C14H17F3N2O2. The van der Waals surface area contributed by atoms with Crippen molar-refractivity contribution in [2.45, 2.75) is 32.5 Å². The third kappa shape index (κ3) is 4.77. The van der Waals surface area contributed by atoms with Gasteiger partial charge in [0.25, 0.3) is 5.91 Å². The average molecular weight is 302 g/mol. The summed E-state index contributed by atoms with van der Waals surface area (Å²) in [5.74, 6) is -0.971. The van der Waals surface area contributed by atoms with Crippen LogP contribution in [-0.2, 0) is 11.0 Å². The summed E-state index contributed by atoms with van der Waals surface area (Å²) in [7, 11) is 0. The normalized spacial score (nSPS) is 11.5. The molecule has 1 aromatic rings. The smallest absolute Gasteiger partial charge is 0.370 e. The van der Waals surface area contributed by atoms with Crippen LogP contribution in [0, 0.1) is 0 Å². The van der Waals surface area contributed by atoms with E-state index in [4.69, 9.17) is 5.73 Å². The molecule has 0 saturated carbocycles. The van der Waals surface area contributed by atoms with Gasteiger partial charge in [-0.25, -0.2) is 0 Å².